The zero-order chi connectivity index (χ0) is 18.9. The molecule has 1 aliphatic heterocycles. The summed E-state index contributed by atoms with van der Waals surface area (Å²) in [6.45, 7) is 0.924. The number of ketones is 1. The third-order valence-corrected chi connectivity index (χ3v) is 5.06. The number of rotatable bonds is 2. The van der Waals surface area contributed by atoms with Crippen LogP contribution in [0.5, 0.6) is 5.75 Å². The summed E-state index contributed by atoms with van der Waals surface area (Å²) in [5, 5.41) is 3.83. The standard InChI is InChI=1S/C22H25N3O2/c23-25-24-16-20-17-10-5-6-11-18(17)21(26)13-4-2-1-3-9-15-27-22-14-8-7-12-19(20)22/h5-8,10-12,14,20H,1-4,9,13,15-16H2. The molecule has 5 nitrogen and oxygen atoms in total. The van der Waals surface area contributed by atoms with Gasteiger partial charge in [0.05, 0.1) is 6.61 Å². The van der Waals surface area contributed by atoms with Crippen LogP contribution in [0.25, 0.3) is 10.4 Å². The van der Waals surface area contributed by atoms with Crippen LogP contribution in [0.4, 0.5) is 0 Å². The maximum absolute atomic E-state index is 12.9. The number of azide groups is 1. The van der Waals surface area contributed by atoms with E-state index in [2.05, 4.69) is 10.0 Å². The summed E-state index contributed by atoms with van der Waals surface area (Å²) >= 11 is 0. The Morgan fingerprint density at radius 1 is 0.963 bits per heavy atom. The van der Waals surface area contributed by atoms with Gasteiger partial charge in [0.15, 0.2) is 5.78 Å². The van der Waals surface area contributed by atoms with E-state index < -0.39 is 0 Å². The highest BCUT2D eigenvalue weighted by Crippen LogP contribution is 2.35. The van der Waals surface area contributed by atoms with Gasteiger partial charge in [0.25, 0.3) is 0 Å². The number of carbonyl (C=O) groups excluding carboxylic acids is 1. The lowest BCUT2D eigenvalue weighted by atomic mass is 9.85. The van der Waals surface area contributed by atoms with Gasteiger partial charge in [-0.15, -0.1) is 0 Å². The van der Waals surface area contributed by atoms with Crippen LogP contribution in [-0.4, -0.2) is 18.9 Å². The summed E-state index contributed by atoms with van der Waals surface area (Å²) < 4.78 is 6.06. The van der Waals surface area contributed by atoms with Crippen molar-refractivity contribution in [3.63, 3.8) is 0 Å². The van der Waals surface area contributed by atoms with E-state index in [1.165, 1.54) is 0 Å². The Bertz CT molecular complexity index is 828. The Labute approximate surface area is 160 Å². The Kier molecular flexibility index (Phi) is 6.89. The number of hydrogen-bond acceptors (Lipinski definition) is 3. The van der Waals surface area contributed by atoms with Gasteiger partial charge in [-0.05, 0) is 30.0 Å². The Hall–Kier alpha value is -2.78. The largest absolute Gasteiger partial charge is 0.493 e. The van der Waals surface area contributed by atoms with Crippen molar-refractivity contribution in [1.82, 2.24) is 0 Å². The van der Waals surface area contributed by atoms with Gasteiger partial charge < -0.3 is 4.74 Å². The molecule has 0 radical (unpaired) electrons. The zero-order valence-electron chi connectivity index (χ0n) is 15.5. The molecule has 0 saturated carbocycles. The first-order valence-corrected chi connectivity index (χ1v) is 9.66. The summed E-state index contributed by atoms with van der Waals surface area (Å²) in [5.41, 5.74) is 11.5. The SMILES string of the molecule is [N-]=[N+]=NCC1c2ccccc2OCCCCCCCC(=O)c2ccccc21. The Morgan fingerprint density at radius 2 is 1.67 bits per heavy atom. The molecule has 1 atom stereocenters. The smallest absolute Gasteiger partial charge is 0.163 e. The third-order valence-electron chi connectivity index (χ3n) is 5.06. The van der Waals surface area contributed by atoms with Crippen molar-refractivity contribution in [2.24, 2.45) is 5.11 Å². The van der Waals surface area contributed by atoms with Crippen LogP contribution < -0.4 is 4.74 Å². The summed E-state index contributed by atoms with van der Waals surface area (Å²) in [5.74, 6) is 0.752. The van der Waals surface area contributed by atoms with Crippen LogP contribution in [-0.2, 0) is 0 Å². The first kappa shape index (κ1) is 19.0. The summed E-state index contributed by atoms with van der Waals surface area (Å²) in [6, 6.07) is 15.5. The van der Waals surface area contributed by atoms with E-state index >= 15 is 0 Å². The molecule has 2 aromatic carbocycles. The molecule has 2 aromatic rings. The summed E-state index contributed by atoms with van der Waals surface area (Å²) in [7, 11) is 0. The number of benzene rings is 2. The van der Waals surface area contributed by atoms with E-state index in [9.17, 15) is 4.79 Å². The van der Waals surface area contributed by atoms with Crippen LogP contribution in [0.15, 0.2) is 53.6 Å². The van der Waals surface area contributed by atoms with Crippen molar-refractivity contribution >= 4 is 5.78 Å². The maximum Gasteiger partial charge on any atom is 0.163 e. The van der Waals surface area contributed by atoms with Crippen LogP contribution in [0.2, 0.25) is 0 Å². The van der Waals surface area contributed by atoms with Crippen molar-refractivity contribution in [2.45, 2.75) is 44.4 Å². The fourth-order valence-corrected chi connectivity index (χ4v) is 3.67. The fraction of sp³-hybridized carbons (Fsp3) is 0.409. The fourth-order valence-electron chi connectivity index (χ4n) is 3.67. The Morgan fingerprint density at radius 3 is 2.52 bits per heavy atom. The van der Waals surface area contributed by atoms with Gasteiger partial charge in [-0.2, -0.15) is 0 Å². The molecular formula is C22H25N3O2. The quantitative estimate of drug-likeness (QED) is 0.370. The molecule has 0 saturated heterocycles. The van der Waals surface area contributed by atoms with Crippen LogP contribution in [0.3, 0.4) is 0 Å². The molecule has 0 spiro atoms. The minimum Gasteiger partial charge on any atom is -0.493 e. The monoisotopic (exact) mass is 363 g/mol. The molecule has 0 bridgehead atoms. The molecule has 0 aliphatic carbocycles. The molecule has 0 N–H and O–H groups in total. The van der Waals surface area contributed by atoms with E-state index in [0.29, 0.717) is 13.0 Å². The molecule has 1 aliphatic rings. The van der Waals surface area contributed by atoms with Crippen molar-refractivity contribution in [1.29, 1.82) is 0 Å². The van der Waals surface area contributed by atoms with E-state index in [4.69, 9.17) is 10.3 Å². The Balaban J connectivity index is 2.08. The summed E-state index contributed by atoms with van der Waals surface area (Å²) in [6.07, 6.45) is 5.76. The number of fused-ring (bicyclic) bond motifs is 2. The van der Waals surface area contributed by atoms with Gasteiger partial charge >= 0.3 is 0 Å². The molecule has 1 heterocycles. The number of hydrogen-bond donors (Lipinski definition) is 0. The van der Waals surface area contributed by atoms with Crippen molar-refractivity contribution < 1.29 is 9.53 Å². The molecule has 27 heavy (non-hydrogen) atoms. The number of Topliss-reactive ketones (excluding diaryl/α,β-unsaturated/α-hetero) is 1. The topological polar surface area (TPSA) is 75.1 Å². The lowest BCUT2D eigenvalue weighted by molar-refractivity contribution is 0.0977. The number of nitrogens with zero attached hydrogens (tertiary/aromatic N) is 3. The second kappa shape index (κ2) is 9.79. The van der Waals surface area contributed by atoms with Gasteiger partial charge in [0.2, 0.25) is 0 Å². The van der Waals surface area contributed by atoms with E-state index in [1.54, 1.807) is 0 Å². The van der Waals surface area contributed by atoms with Crippen molar-refractivity contribution in [2.75, 3.05) is 13.2 Å². The molecule has 1 unspecified atom stereocenters. The average molecular weight is 363 g/mol. The second-order valence-corrected chi connectivity index (χ2v) is 6.88. The highest BCUT2D eigenvalue weighted by Gasteiger charge is 2.23. The van der Waals surface area contributed by atoms with Crippen LogP contribution >= 0.6 is 0 Å². The van der Waals surface area contributed by atoms with Crippen molar-refractivity contribution in [3.8, 4) is 5.75 Å². The second-order valence-electron chi connectivity index (χ2n) is 6.88. The first-order chi connectivity index (χ1) is 13.3. The number of para-hydroxylation sites is 1. The van der Waals surface area contributed by atoms with Crippen molar-refractivity contribution in [3.05, 3.63) is 75.7 Å². The van der Waals surface area contributed by atoms with Crippen LogP contribution in [0, 0.1) is 0 Å². The molecule has 3 rings (SSSR count). The normalized spacial score (nSPS) is 18.2. The highest BCUT2D eigenvalue weighted by atomic mass is 16.5. The molecule has 140 valence electrons. The van der Waals surface area contributed by atoms with E-state index in [1.807, 2.05) is 48.5 Å². The third kappa shape index (κ3) is 4.89. The lowest BCUT2D eigenvalue weighted by Crippen LogP contribution is -2.13. The van der Waals surface area contributed by atoms with E-state index in [-0.39, 0.29) is 18.2 Å². The summed E-state index contributed by atoms with van der Waals surface area (Å²) in [4.78, 5) is 15.8. The van der Waals surface area contributed by atoms with Gasteiger partial charge in [-0.1, -0.05) is 66.8 Å². The van der Waals surface area contributed by atoms with Crippen LogP contribution in [0.1, 0.15) is 65.9 Å². The average Bonchev–Trinajstić information content (AvgIpc) is 2.71. The molecule has 0 aromatic heterocycles. The lowest BCUT2D eigenvalue weighted by Gasteiger charge is -2.22. The maximum atomic E-state index is 12.9. The predicted molar refractivity (Wildman–Crippen MR) is 106 cm³/mol. The molecule has 5 heteroatoms. The predicted octanol–water partition coefficient (Wildman–Crippen LogP) is 6.04. The molecule has 0 amide bonds. The van der Waals surface area contributed by atoms with Gasteiger partial charge in [0.1, 0.15) is 5.75 Å². The van der Waals surface area contributed by atoms with E-state index in [0.717, 1.165) is 54.5 Å². The molecule has 0 fully saturated rings. The molecular weight excluding hydrogens is 338 g/mol. The van der Waals surface area contributed by atoms with Gasteiger partial charge in [-0.3, -0.25) is 4.79 Å². The van der Waals surface area contributed by atoms with Gasteiger partial charge in [-0.25, -0.2) is 0 Å². The number of ether oxygens (including phenoxy) is 1. The van der Waals surface area contributed by atoms with Gasteiger partial charge in [0, 0.05) is 34.9 Å². The number of carbonyl (C=O) groups is 1. The highest BCUT2D eigenvalue weighted by molar-refractivity contribution is 5.97. The first-order valence-electron chi connectivity index (χ1n) is 9.66. The zero-order valence-corrected chi connectivity index (χ0v) is 15.5. The minimum atomic E-state index is -0.208. The minimum absolute atomic E-state index is 0.159.